The molecule has 6 heteroatoms. The molecule has 1 aliphatic rings. The average Bonchev–Trinajstić information content (AvgIpc) is 2.42. The van der Waals surface area contributed by atoms with Crippen molar-refractivity contribution in [1.82, 2.24) is 9.03 Å². The van der Waals surface area contributed by atoms with Crippen LogP contribution >= 0.6 is 0 Å². The Hall–Kier alpha value is -0.170. The summed E-state index contributed by atoms with van der Waals surface area (Å²) in [6.45, 7) is 7.61. The topological polar surface area (TPSA) is 75.4 Å². The first-order chi connectivity index (χ1) is 9.41. The summed E-state index contributed by atoms with van der Waals surface area (Å²) in [7, 11) is -3.44. The van der Waals surface area contributed by atoms with Gasteiger partial charge in [-0.3, -0.25) is 0 Å². The van der Waals surface area contributed by atoms with E-state index < -0.39 is 15.7 Å². The number of nitrogens with one attached hydrogen (secondary N) is 1. The fourth-order valence-electron chi connectivity index (χ4n) is 3.27. The molecule has 1 saturated carbocycles. The molecule has 20 heavy (non-hydrogen) atoms. The van der Waals surface area contributed by atoms with E-state index in [4.69, 9.17) is 5.73 Å². The molecule has 5 nitrogen and oxygen atoms in total. The first-order valence-electron chi connectivity index (χ1n) is 7.89. The molecule has 1 aliphatic carbocycles. The fourth-order valence-corrected chi connectivity index (χ4v) is 5.06. The maximum atomic E-state index is 12.6. The zero-order valence-electron chi connectivity index (χ0n) is 13.2. The van der Waals surface area contributed by atoms with E-state index in [1.165, 1.54) is 6.42 Å². The van der Waals surface area contributed by atoms with Gasteiger partial charge in [0.1, 0.15) is 0 Å². The van der Waals surface area contributed by atoms with Crippen LogP contribution in [0.25, 0.3) is 0 Å². The van der Waals surface area contributed by atoms with Gasteiger partial charge >= 0.3 is 0 Å². The first-order valence-corrected chi connectivity index (χ1v) is 9.33. The summed E-state index contributed by atoms with van der Waals surface area (Å²) in [5.74, 6) is 0.535. The standard InChI is InChI=1S/C14H31N3O2S/c1-4-9-16-20(18,19)17(10-5-2)14(12-15)8-6-7-13(3)11-14/h13,16H,4-12,15H2,1-3H3. The Kier molecular flexibility index (Phi) is 6.91. The third-order valence-corrected chi connectivity index (χ3v) is 5.95. The van der Waals surface area contributed by atoms with Crippen LogP contribution in [0.2, 0.25) is 0 Å². The minimum Gasteiger partial charge on any atom is -0.329 e. The summed E-state index contributed by atoms with van der Waals surface area (Å²) < 4.78 is 29.6. The third kappa shape index (κ3) is 4.16. The molecule has 1 rings (SSSR count). The number of rotatable bonds is 8. The SMILES string of the molecule is CCCNS(=O)(=O)N(CCC)C1(CN)CCCC(C)C1. The third-order valence-electron chi connectivity index (χ3n) is 4.23. The fraction of sp³-hybridized carbons (Fsp3) is 1.00. The average molecular weight is 305 g/mol. The molecule has 0 aliphatic heterocycles. The van der Waals surface area contributed by atoms with E-state index in [0.29, 0.717) is 25.6 Å². The van der Waals surface area contributed by atoms with E-state index in [0.717, 1.165) is 32.1 Å². The predicted molar refractivity (Wildman–Crippen MR) is 83.6 cm³/mol. The minimum absolute atomic E-state index is 0.396. The highest BCUT2D eigenvalue weighted by Gasteiger charge is 2.44. The van der Waals surface area contributed by atoms with Crippen LogP contribution in [-0.4, -0.2) is 37.9 Å². The lowest BCUT2D eigenvalue weighted by atomic mass is 9.76. The maximum absolute atomic E-state index is 12.6. The van der Waals surface area contributed by atoms with Gasteiger partial charge in [-0.05, 0) is 31.6 Å². The molecule has 3 N–H and O–H groups in total. The van der Waals surface area contributed by atoms with Gasteiger partial charge in [0.2, 0.25) is 0 Å². The molecule has 1 fully saturated rings. The van der Waals surface area contributed by atoms with Gasteiger partial charge in [-0.15, -0.1) is 0 Å². The second kappa shape index (κ2) is 7.73. The van der Waals surface area contributed by atoms with E-state index >= 15 is 0 Å². The van der Waals surface area contributed by atoms with Gasteiger partial charge < -0.3 is 5.73 Å². The van der Waals surface area contributed by atoms with Crippen molar-refractivity contribution in [2.45, 2.75) is 64.8 Å². The van der Waals surface area contributed by atoms with Gasteiger partial charge in [0.25, 0.3) is 10.2 Å². The second-order valence-electron chi connectivity index (χ2n) is 6.10. The Morgan fingerprint density at radius 3 is 2.55 bits per heavy atom. The molecule has 0 radical (unpaired) electrons. The van der Waals surface area contributed by atoms with Crippen LogP contribution in [0.4, 0.5) is 0 Å². The predicted octanol–water partition coefficient (Wildman–Crippen LogP) is 1.85. The van der Waals surface area contributed by atoms with Gasteiger partial charge in [0.05, 0.1) is 0 Å². The Morgan fingerprint density at radius 1 is 1.35 bits per heavy atom. The molecule has 120 valence electrons. The summed E-state index contributed by atoms with van der Waals surface area (Å²) in [5, 5.41) is 0. The molecular formula is C14H31N3O2S. The van der Waals surface area contributed by atoms with Crippen LogP contribution in [0.15, 0.2) is 0 Å². The van der Waals surface area contributed by atoms with Gasteiger partial charge in [-0.25, -0.2) is 4.72 Å². The number of nitrogens with two attached hydrogens (primary N) is 1. The highest BCUT2D eigenvalue weighted by molar-refractivity contribution is 7.87. The molecule has 2 unspecified atom stereocenters. The van der Waals surface area contributed by atoms with Crippen molar-refractivity contribution in [3.05, 3.63) is 0 Å². The van der Waals surface area contributed by atoms with Crippen molar-refractivity contribution >= 4 is 10.2 Å². The first kappa shape index (κ1) is 17.9. The summed E-state index contributed by atoms with van der Waals surface area (Å²) >= 11 is 0. The van der Waals surface area contributed by atoms with E-state index in [1.54, 1.807) is 4.31 Å². The summed E-state index contributed by atoms with van der Waals surface area (Å²) in [4.78, 5) is 0. The molecule has 0 aromatic rings. The summed E-state index contributed by atoms with van der Waals surface area (Å²) in [6.07, 6.45) is 5.58. The molecule has 0 aromatic heterocycles. The monoisotopic (exact) mass is 305 g/mol. The maximum Gasteiger partial charge on any atom is 0.279 e. The highest BCUT2D eigenvalue weighted by Crippen LogP contribution is 2.37. The van der Waals surface area contributed by atoms with Crippen LogP contribution in [0.5, 0.6) is 0 Å². The quantitative estimate of drug-likeness (QED) is 0.718. The molecule has 0 saturated heterocycles. The Labute approximate surface area is 124 Å². The van der Waals surface area contributed by atoms with Crippen molar-refractivity contribution < 1.29 is 8.42 Å². The molecule has 0 aromatic carbocycles. The largest absolute Gasteiger partial charge is 0.329 e. The molecule has 0 amide bonds. The molecule has 0 bridgehead atoms. The molecule has 0 spiro atoms. The summed E-state index contributed by atoms with van der Waals surface area (Å²) in [5.41, 5.74) is 5.63. The van der Waals surface area contributed by atoms with E-state index in [2.05, 4.69) is 11.6 Å². The van der Waals surface area contributed by atoms with Crippen LogP contribution < -0.4 is 10.5 Å². The van der Waals surface area contributed by atoms with Crippen molar-refractivity contribution in [2.24, 2.45) is 11.7 Å². The molecular weight excluding hydrogens is 274 g/mol. The lowest BCUT2D eigenvalue weighted by molar-refractivity contribution is 0.107. The van der Waals surface area contributed by atoms with Crippen molar-refractivity contribution in [1.29, 1.82) is 0 Å². The van der Waals surface area contributed by atoms with Crippen LogP contribution in [-0.2, 0) is 10.2 Å². The van der Waals surface area contributed by atoms with Gasteiger partial charge in [0, 0.05) is 25.2 Å². The number of hydrogen-bond acceptors (Lipinski definition) is 3. The molecule has 2 atom stereocenters. The van der Waals surface area contributed by atoms with Gasteiger partial charge in [0.15, 0.2) is 0 Å². The normalized spacial score (nSPS) is 27.9. The zero-order chi connectivity index (χ0) is 15.2. The second-order valence-corrected chi connectivity index (χ2v) is 7.78. The Bertz CT molecular complexity index is 386. The smallest absolute Gasteiger partial charge is 0.279 e. The van der Waals surface area contributed by atoms with Crippen LogP contribution in [0.3, 0.4) is 0 Å². The number of hydrogen-bond donors (Lipinski definition) is 2. The molecule has 0 heterocycles. The minimum atomic E-state index is -3.44. The van der Waals surface area contributed by atoms with E-state index in [-0.39, 0.29) is 0 Å². The van der Waals surface area contributed by atoms with Crippen LogP contribution in [0, 0.1) is 5.92 Å². The zero-order valence-corrected chi connectivity index (χ0v) is 14.0. The van der Waals surface area contributed by atoms with E-state index in [1.807, 2.05) is 13.8 Å². The van der Waals surface area contributed by atoms with Crippen molar-refractivity contribution in [3.8, 4) is 0 Å². The van der Waals surface area contributed by atoms with Gasteiger partial charge in [-0.1, -0.05) is 33.6 Å². The lowest BCUT2D eigenvalue weighted by Gasteiger charge is -2.46. The summed E-state index contributed by atoms with van der Waals surface area (Å²) in [6, 6.07) is 0. The lowest BCUT2D eigenvalue weighted by Crippen LogP contribution is -2.60. The van der Waals surface area contributed by atoms with Crippen molar-refractivity contribution in [3.63, 3.8) is 0 Å². The Balaban J connectivity index is 3.02. The van der Waals surface area contributed by atoms with Crippen LogP contribution in [0.1, 0.15) is 59.3 Å². The number of nitrogens with zero attached hydrogens (tertiary/aromatic N) is 1. The van der Waals surface area contributed by atoms with Crippen molar-refractivity contribution in [2.75, 3.05) is 19.6 Å². The highest BCUT2D eigenvalue weighted by atomic mass is 32.2. The van der Waals surface area contributed by atoms with Gasteiger partial charge in [-0.2, -0.15) is 12.7 Å². The van der Waals surface area contributed by atoms with E-state index in [9.17, 15) is 8.42 Å². The Morgan fingerprint density at radius 2 is 2.05 bits per heavy atom.